The number of carbonyl (C=O) groups excluding carboxylic acids is 2. The first-order valence-corrected chi connectivity index (χ1v) is 9.40. The Morgan fingerprint density at radius 2 is 1.69 bits per heavy atom. The van der Waals surface area contributed by atoms with E-state index in [0.29, 0.717) is 22.4 Å². The Morgan fingerprint density at radius 1 is 0.931 bits per heavy atom. The Hall–Kier alpha value is -3.45. The van der Waals surface area contributed by atoms with E-state index >= 15 is 0 Å². The van der Waals surface area contributed by atoms with Crippen molar-refractivity contribution < 1.29 is 19.1 Å². The minimum atomic E-state index is -0.480. The second-order valence-electron chi connectivity index (χ2n) is 5.88. The molecule has 146 valence electrons. The number of hydrogen-bond donors (Lipinski definition) is 1. The number of amides is 1. The monoisotopic (exact) mass is 452 g/mol. The summed E-state index contributed by atoms with van der Waals surface area (Å²) in [5.41, 5.74) is 4.05. The van der Waals surface area contributed by atoms with Crippen LogP contribution >= 0.6 is 15.9 Å². The molecule has 0 fully saturated rings. The van der Waals surface area contributed by atoms with E-state index in [1.165, 1.54) is 13.3 Å². The molecule has 0 saturated carbocycles. The second-order valence-corrected chi connectivity index (χ2v) is 6.79. The maximum atomic E-state index is 12.2. The zero-order valence-electron chi connectivity index (χ0n) is 15.5. The number of halogens is 1. The van der Waals surface area contributed by atoms with E-state index in [4.69, 9.17) is 9.47 Å². The number of nitrogens with zero attached hydrogens (tertiary/aromatic N) is 1. The maximum absolute atomic E-state index is 12.2. The maximum Gasteiger partial charge on any atom is 0.343 e. The van der Waals surface area contributed by atoms with Crippen molar-refractivity contribution in [1.29, 1.82) is 0 Å². The van der Waals surface area contributed by atoms with Crippen LogP contribution in [0.4, 0.5) is 0 Å². The highest BCUT2D eigenvalue weighted by atomic mass is 79.9. The van der Waals surface area contributed by atoms with Crippen LogP contribution in [0.3, 0.4) is 0 Å². The second kappa shape index (κ2) is 9.66. The van der Waals surface area contributed by atoms with Crippen LogP contribution < -0.4 is 14.9 Å². The van der Waals surface area contributed by atoms with E-state index in [0.717, 1.165) is 4.47 Å². The summed E-state index contributed by atoms with van der Waals surface area (Å²) in [7, 11) is 1.48. The topological polar surface area (TPSA) is 77.0 Å². The summed E-state index contributed by atoms with van der Waals surface area (Å²) in [4.78, 5) is 24.3. The molecule has 0 aromatic heterocycles. The third-order valence-electron chi connectivity index (χ3n) is 3.87. The van der Waals surface area contributed by atoms with E-state index in [1.54, 1.807) is 60.7 Å². The number of carbonyl (C=O) groups is 2. The molecule has 29 heavy (non-hydrogen) atoms. The molecule has 0 radical (unpaired) electrons. The molecule has 1 amide bonds. The van der Waals surface area contributed by atoms with Crippen molar-refractivity contribution in [2.75, 3.05) is 7.11 Å². The summed E-state index contributed by atoms with van der Waals surface area (Å²) in [5.74, 6) is -0.150. The quantitative estimate of drug-likeness (QED) is 0.259. The lowest BCUT2D eigenvalue weighted by Crippen LogP contribution is -2.17. The van der Waals surface area contributed by atoms with Crippen LogP contribution in [0.15, 0.2) is 82.4 Å². The number of hydrogen-bond acceptors (Lipinski definition) is 5. The Labute approximate surface area is 176 Å². The number of benzene rings is 3. The molecule has 0 aliphatic heterocycles. The minimum absolute atomic E-state index is 0.289. The summed E-state index contributed by atoms with van der Waals surface area (Å²) in [6.07, 6.45) is 1.47. The summed E-state index contributed by atoms with van der Waals surface area (Å²) in [5, 5.41) is 3.96. The van der Waals surface area contributed by atoms with Crippen molar-refractivity contribution in [3.63, 3.8) is 0 Å². The smallest absolute Gasteiger partial charge is 0.343 e. The predicted molar refractivity (Wildman–Crippen MR) is 114 cm³/mol. The fourth-order valence-electron chi connectivity index (χ4n) is 2.44. The number of nitrogens with one attached hydrogen (secondary N) is 1. The van der Waals surface area contributed by atoms with Crippen LogP contribution in [0.2, 0.25) is 0 Å². The standard InChI is InChI=1S/C22H17BrN2O4/c1-28-20-12-15(14-24-25-21(26)17-8-5-9-18(23)13-17)10-11-19(20)29-22(27)16-6-3-2-4-7-16/h2-14H,1H3,(H,25,26). The Bertz CT molecular complexity index is 1050. The van der Waals surface area contributed by atoms with Gasteiger partial charge < -0.3 is 9.47 Å². The SMILES string of the molecule is COc1cc(C=NNC(=O)c2cccc(Br)c2)ccc1OC(=O)c1ccccc1. The highest BCUT2D eigenvalue weighted by Crippen LogP contribution is 2.28. The van der Waals surface area contributed by atoms with E-state index < -0.39 is 5.97 Å². The van der Waals surface area contributed by atoms with Gasteiger partial charge in [0.05, 0.1) is 18.9 Å². The first-order chi connectivity index (χ1) is 14.1. The van der Waals surface area contributed by atoms with Gasteiger partial charge in [0.2, 0.25) is 0 Å². The van der Waals surface area contributed by atoms with Gasteiger partial charge in [-0.1, -0.05) is 40.2 Å². The first-order valence-electron chi connectivity index (χ1n) is 8.61. The molecule has 3 aromatic carbocycles. The zero-order valence-corrected chi connectivity index (χ0v) is 17.0. The van der Waals surface area contributed by atoms with Gasteiger partial charge in [-0.05, 0) is 54.1 Å². The third-order valence-corrected chi connectivity index (χ3v) is 4.36. The number of esters is 1. The van der Waals surface area contributed by atoms with Gasteiger partial charge in [0.15, 0.2) is 11.5 Å². The largest absolute Gasteiger partial charge is 0.493 e. The molecular formula is C22H17BrN2O4. The fourth-order valence-corrected chi connectivity index (χ4v) is 2.84. The first kappa shape index (κ1) is 20.3. The van der Waals surface area contributed by atoms with E-state index in [-0.39, 0.29) is 11.7 Å². The molecule has 0 spiro atoms. The summed E-state index contributed by atoms with van der Waals surface area (Å²) < 4.78 is 11.5. The van der Waals surface area contributed by atoms with Gasteiger partial charge in [-0.3, -0.25) is 4.79 Å². The van der Waals surface area contributed by atoms with Crippen LogP contribution in [-0.2, 0) is 0 Å². The summed E-state index contributed by atoms with van der Waals surface area (Å²) >= 11 is 3.32. The molecule has 6 nitrogen and oxygen atoms in total. The van der Waals surface area contributed by atoms with Crippen LogP contribution in [0.5, 0.6) is 11.5 Å². The zero-order chi connectivity index (χ0) is 20.6. The number of methoxy groups -OCH3 is 1. The lowest BCUT2D eigenvalue weighted by Gasteiger charge is -2.10. The van der Waals surface area contributed by atoms with Gasteiger partial charge in [-0.25, -0.2) is 10.2 Å². The third kappa shape index (κ3) is 5.52. The minimum Gasteiger partial charge on any atom is -0.493 e. The highest BCUT2D eigenvalue weighted by Gasteiger charge is 2.12. The molecule has 0 unspecified atom stereocenters. The average Bonchev–Trinajstić information content (AvgIpc) is 2.75. The van der Waals surface area contributed by atoms with E-state index in [2.05, 4.69) is 26.5 Å². The van der Waals surface area contributed by atoms with Crippen molar-refractivity contribution in [3.8, 4) is 11.5 Å². The summed E-state index contributed by atoms with van der Waals surface area (Å²) in [6, 6.07) is 20.6. The molecular weight excluding hydrogens is 436 g/mol. The molecule has 7 heteroatoms. The van der Waals surface area contributed by atoms with Crippen LogP contribution in [0.25, 0.3) is 0 Å². The Kier molecular flexibility index (Phi) is 6.76. The normalized spacial score (nSPS) is 10.6. The molecule has 0 aliphatic rings. The number of hydrazone groups is 1. The molecule has 0 aliphatic carbocycles. The average molecular weight is 453 g/mol. The molecule has 0 bridgehead atoms. The van der Waals surface area contributed by atoms with Crippen molar-refractivity contribution in [2.45, 2.75) is 0 Å². The van der Waals surface area contributed by atoms with Crippen molar-refractivity contribution >= 4 is 34.0 Å². The van der Waals surface area contributed by atoms with Gasteiger partial charge in [0.25, 0.3) is 5.91 Å². The molecule has 3 aromatic rings. The van der Waals surface area contributed by atoms with Gasteiger partial charge in [0, 0.05) is 10.0 Å². The van der Waals surface area contributed by atoms with E-state index in [1.807, 2.05) is 12.1 Å². The van der Waals surface area contributed by atoms with Crippen molar-refractivity contribution in [3.05, 3.63) is 94.0 Å². The van der Waals surface area contributed by atoms with E-state index in [9.17, 15) is 9.59 Å². The van der Waals surface area contributed by atoms with Gasteiger partial charge in [-0.2, -0.15) is 5.10 Å². The highest BCUT2D eigenvalue weighted by molar-refractivity contribution is 9.10. The van der Waals surface area contributed by atoms with Crippen molar-refractivity contribution in [2.24, 2.45) is 5.10 Å². The van der Waals surface area contributed by atoms with Crippen molar-refractivity contribution in [1.82, 2.24) is 5.43 Å². The molecule has 0 heterocycles. The van der Waals surface area contributed by atoms with Gasteiger partial charge >= 0.3 is 5.97 Å². The van der Waals surface area contributed by atoms with Crippen LogP contribution in [-0.4, -0.2) is 25.2 Å². The van der Waals surface area contributed by atoms with Gasteiger partial charge in [-0.15, -0.1) is 0 Å². The summed E-state index contributed by atoms with van der Waals surface area (Å²) in [6.45, 7) is 0. The van der Waals surface area contributed by atoms with Gasteiger partial charge in [0.1, 0.15) is 0 Å². The fraction of sp³-hybridized carbons (Fsp3) is 0.0455. The lowest BCUT2D eigenvalue weighted by atomic mass is 10.2. The Morgan fingerprint density at radius 3 is 2.41 bits per heavy atom. The lowest BCUT2D eigenvalue weighted by molar-refractivity contribution is 0.0729. The molecule has 1 N–H and O–H groups in total. The molecule has 3 rings (SSSR count). The Balaban J connectivity index is 1.67. The van der Waals surface area contributed by atoms with Crippen LogP contribution in [0, 0.1) is 0 Å². The number of ether oxygens (including phenoxy) is 2. The molecule has 0 saturated heterocycles. The number of rotatable bonds is 6. The van der Waals surface area contributed by atoms with Crippen LogP contribution in [0.1, 0.15) is 26.3 Å². The predicted octanol–water partition coefficient (Wildman–Crippen LogP) is 4.44. The molecule has 0 atom stereocenters.